The predicted molar refractivity (Wildman–Crippen MR) is 104 cm³/mol. The number of amides is 1. The Bertz CT molecular complexity index is 837. The molecule has 2 rings (SSSR count). The zero-order chi connectivity index (χ0) is 20.1. The third-order valence-electron chi connectivity index (χ3n) is 4.20. The smallest absolute Gasteiger partial charge is 0.339 e. The van der Waals surface area contributed by atoms with Crippen LogP contribution < -0.4 is 14.8 Å². The molecule has 0 aliphatic carbocycles. The van der Waals surface area contributed by atoms with E-state index in [0.29, 0.717) is 11.5 Å². The summed E-state index contributed by atoms with van der Waals surface area (Å²) >= 11 is 0. The first-order chi connectivity index (χ1) is 12.8. The van der Waals surface area contributed by atoms with Crippen molar-refractivity contribution in [1.82, 2.24) is 0 Å². The number of benzene rings is 2. The maximum Gasteiger partial charge on any atom is 0.339 e. The first-order valence-corrected chi connectivity index (χ1v) is 8.58. The molecule has 0 heterocycles. The molecule has 0 aromatic heterocycles. The second kappa shape index (κ2) is 8.58. The largest absolute Gasteiger partial charge is 0.493 e. The van der Waals surface area contributed by atoms with Gasteiger partial charge in [-0.25, -0.2) is 4.79 Å². The van der Waals surface area contributed by atoms with Crippen LogP contribution in [-0.2, 0) is 9.53 Å². The summed E-state index contributed by atoms with van der Waals surface area (Å²) in [6, 6.07) is 8.66. The number of carbonyl (C=O) groups is 2. The minimum absolute atomic E-state index is 0.273. The highest BCUT2D eigenvalue weighted by Crippen LogP contribution is 2.28. The number of ether oxygens (including phenoxy) is 3. The fraction of sp³-hybridized carbons (Fsp3) is 0.333. The molecular weight excluding hydrogens is 346 g/mol. The van der Waals surface area contributed by atoms with Gasteiger partial charge in [0.2, 0.25) is 0 Å². The third-order valence-corrected chi connectivity index (χ3v) is 4.20. The van der Waals surface area contributed by atoms with Gasteiger partial charge in [-0.15, -0.1) is 0 Å². The quantitative estimate of drug-likeness (QED) is 0.782. The first-order valence-electron chi connectivity index (χ1n) is 8.58. The fourth-order valence-corrected chi connectivity index (χ4v) is 2.85. The summed E-state index contributed by atoms with van der Waals surface area (Å²) in [4.78, 5) is 24.8. The lowest BCUT2D eigenvalue weighted by atomic mass is 10.0. The molecule has 0 aliphatic rings. The fourth-order valence-electron chi connectivity index (χ4n) is 2.85. The molecule has 0 saturated carbocycles. The molecule has 1 atom stereocenters. The Labute approximate surface area is 159 Å². The van der Waals surface area contributed by atoms with Crippen molar-refractivity contribution in [3.05, 3.63) is 52.6 Å². The summed E-state index contributed by atoms with van der Waals surface area (Å²) in [5, 5.41) is 2.84. The van der Waals surface area contributed by atoms with Crippen molar-refractivity contribution >= 4 is 17.6 Å². The Morgan fingerprint density at radius 1 is 0.926 bits per heavy atom. The minimum atomic E-state index is -0.953. The minimum Gasteiger partial charge on any atom is -0.493 e. The van der Waals surface area contributed by atoms with Crippen LogP contribution in [0.15, 0.2) is 30.3 Å². The molecule has 0 radical (unpaired) electrons. The van der Waals surface area contributed by atoms with Crippen LogP contribution in [0.4, 0.5) is 5.69 Å². The Kier molecular flexibility index (Phi) is 6.45. The number of hydrogen-bond acceptors (Lipinski definition) is 5. The van der Waals surface area contributed by atoms with Gasteiger partial charge >= 0.3 is 5.97 Å². The molecule has 0 fully saturated rings. The van der Waals surface area contributed by atoms with Crippen LogP contribution in [0.1, 0.15) is 34.0 Å². The van der Waals surface area contributed by atoms with E-state index in [9.17, 15) is 9.59 Å². The van der Waals surface area contributed by atoms with Gasteiger partial charge in [0.05, 0.1) is 19.8 Å². The van der Waals surface area contributed by atoms with Crippen molar-refractivity contribution in [1.29, 1.82) is 0 Å². The van der Waals surface area contributed by atoms with E-state index in [2.05, 4.69) is 5.32 Å². The van der Waals surface area contributed by atoms with Crippen LogP contribution in [-0.4, -0.2) is 32.2 Å². The van der Waals surface area contributed by atoms with E-state index >= 15 is 0 Å². The van der Waals surface area contributed by atoms with Gasteiger partial charge in [-0.05, 0) is 57.0 Å². The SMILES string of the molecule is COc1ccc(C(=O)OC(C)C(=O)Nc2c(C)cc(C)cc2C)cc1OC. The van der Waals surface area contributed by atoms with Crippen molar-refractivity contribution in [3.63, 3.8) is 0 Å². The van der Waals surface area contributed by atoms with E-state index < -0.39 is 12.1 Å². The lowest BCUT2D eigenvalue weighted by molar-refractivity contribution is -0.123. The Hall–Kier alpha value is -3.02. The van der Waals surface area contributed by atoms with E-state index in [-0.39, 0.29) is 11.5 Å². The summed E-state index contributed by atoms with van der Waals surface area (Å²) < 4.78 is 15.6. The van der Waals surface area contributed by atoms with Crippen molar-refractivity contribution in [2.45, 2.75) is 33.8 Å². The summed E-state index contributed by atoms with van der Waals surface area (Å²) in [5.41, 5.74) is 4.05. The number of nitrogens with one attached hydrogen (secondary N) is 1. The number of carbonyl (C=O) groups excluding carboxylic acids is 2. The average Bonchev–Trinajstić information content (AvgIpc) is 2.63. The zero-order valence-electron chi connectivity index (χ0n) is 16.5. The lowest BCUT2D eigenvalue weighted by Gasteiger charge is -2.17. The Balaban J connectivity index is 2.09. The van der Waals surface area contributed by atoms with Gasteiger partial charge in [0, 0.05) is 5.69 Å². The molecular formula is C21H25NO5. The first kappa shape index (κ1) is 20.3. The molecule has 0 spiro atoms. The van der Waals surface area contributed by atoms with E-state index in [4.69, 9.17) is 14.2 Å². The van der Waals surface area contributed by atoms with E-state index in [1.807, 2.05) is 32.9 Å². The van der Waals surface area contributed by atoms with Crippen LogP contribution >= 0.6 is 0 Å². The van der Waals surface area contributed by atoms with E-state index in [1.54, 1.807) is 12.1 Å². The van der Waals surface area contributed by atoms with Crippen molar-refractivity contribution in [2.24, 2.45) is 0 Å². The number of aryl methyl sites for hydroxylation is 3. The highest BCUT2D eigenvalue weighted by Gasteiger charge is 2.21. The molecule has 0 bridgehead atoms. The van der Waals surface area contributed by atoms with Gasteiger partial charge in [-0.1, -0.05) is 17.7 Å². The molecule has 6 nitrogen and oxygen atoms in total. The highest BCUT2D eigenvalue weighted by atomic mass is 16.5. The van der Waals surface area contributed by atoms with Crippen LogP contribution in [0, 0.1) is 20.8 Å². The average molecular weight is 371 g/mol. The number of rotatable bonds is 6. The van der Waals surface area contributed by atoms with Crippen LogP contribution in [0.3, 0.4) is 0 Å². The topological polar surface area (TPSA) is 73.9 Å². The van der Waals surface area contributed by atoms with Gasteiger partial charge in [0.15, 0.2) is 17.6 Å². The zero-order valence-corrected chi connectivity index (χ0v) is 16.5. The molecule has 0 aliphatic heterocycles. The molecule has 1 amide bonds. The van der Waals surface area contributed by atoms with Crippen LogP contribution in [0.5, 0.6) is 11.5 Å². The van der Waals surface area contributed by atoms with Crippen molar-refractivity contribution < 1.29 is 23.8 Å². The molecule has 27 heavy (non-hydrogen) atoms. The van der Waals surface area contributed by atoms with Gasteiger partial charge < -0.3 is 19.5 Å². The summed E-state index contributed by atoms with van der Waals surface area (Å²) in [5.74, 6) is -0.0880. The number of hydrogen-bond donors (Lipinski definition) is 1. The molecule has 2 aromatic carbocycles. The summed E-state index contributed by atoms with van der Waals surface area (Å²) in [6.07, 6.45) is -0.953. The molecule has 6 heteroatoms. The van der Waals surface area contributed by atoms with E-state index in [1.165, 1.54) is 27.2 Å². The second-order valence-electron chi connectivity index (χ2n) is 6.38. The van der Waals surface area contributed by atoms with Gasteiger partial charge in [0.25, 0.3) is 5.91 Å². The van der Waals surface area contributed by atoms with Gasteiger partial charge in [-0.3, -0.25) is 4.79 Å². The molecule has 1 unspecified atom stereocenters. The lowest BCUT2D eigenvalue weighted by Crippen LogP contribution is -2.30. The second-order valence-corrected chi connectivity index (χ2v) is 6.38. The standard InChI is InChI=1S/C21H25NO5/c1-12-9-13(2)19(14(3)10-12)22-20(23)15(4)27-21(24)16-7-8-17(25-5)18(11-16)26-6/h7-11,15H,1-6H3,(H,22,23). The van der Waals surface area contributed by atoms with Crippen LogP contribution in [0.25, 0.3) is 0 Å². The van der Waals surface area contributed by atoms with Crippen molar-refractivity contribution in [3.8, 4) is 11.5 Å². The van der Waals surface area contributed by atoms with Crippen molar-refractivity contribution in [2.75, 3.05) is 19.5 Å². The predicted octanol–water partition coefficient (Wildman–Crippen LogP) is 3.81. The highest BCUT2D eigenvalue weighted by molar-refractivity contribution is 5.98. The molecule has 1 N–H and O–H groups in total. The Morgan fingerprint density at radius 3 is 2.07 bits per heavy atom. The molecule has 144 valence electrons. The molecule has 0 saturated heterocycles. The normalized spacial score (nSPS) is 11.5. The van der Waals surface area contributed by atoms with E-state index in [0.717, 1.165) is 22.4 Å². The number of methoxy groups -OCH3 is 2. The summed E-state index contributed by atoms with van der Waals surface area (Å²) in [6.45, 7) is 7.39. The van der Waals surface area contributed by atoms with Gasteiger partial charge in [-0.2, -0.15) is 0 Å². The maximum absolute atomic E-state index is 12.5. The third kappa shape index (κ3) is 4.78. The Morgan fingerprint density at radius 2 is 1.52 bits per heavy atom. The monoisotopic (exact) mass is 371 g/mol. The van der Waals surface area contributed by atoms with Crippen LogP contribution in [0.2, 0.25) is 0 Å². The summed E-state index contributed by atoms with van der Waals surface area (Å²) in [7, 11) is 2.99. The van der Waals surface area contributed by atoms with Gasteiger partial charge in [0.1, 0.15) is 0 Å². The molecule has 2 aromatic rings. The number of esters is 1. The number of anilines is 1. The maximum atomic E-state index is 12.5.